The fourth-order valence-electron chi connectivity index (χ4n) is 2.77. The molecule has 0 aliphatic carbocycles. The Morgan fingerprint density at radius 2 is 1.78 bits per heavy atom. The van der Waals surface area contributed by atoms with Gasteiger partial charge in [-0.1, -0.05) is 11.6 Å². The van der Waals surface area contributed by atoms with Crippen molar-refractivity contribution in [3.63, 3.8) is 0 Å². The van der Waals surface area contributed by atoms with Gasteiger partial charge in [0, 0.05) is 42.0 Å². The van der Waals surface area contributed by atoms with Crippen molar-refractivity contribution in [2.24, 2.45) is 0 Å². The Bertz CT molecular complexity index is 1130. The molecule has 0 unspecified atom stereocenters. The van der Waals surface area contributed by atoms with Crippen LogP contribution in [0.5, 0.6) is 11.5 Å². The summed E-state index contributed by atoms with van der Waals surface area (Å²) in [5.74, 6) is 1.82. The largest absolute Gasteiger partial charge is 0.496 e. The molecule has 0 saturated heterocycles. The van der Waals surface area contributed by atoms with E-state index in [1.54, 1.807) is 38.7 Å². The first-order chi connectivity index (χ1) is 13.1. The Morgan fingerprint density at radius 1 is 1.04 bits per heavy atom. The van der Waals surface area contributed by atoms with E-state index in [1.165, 1.54) is 0 Å². The maximum atomic E-state index is 6.29. The van der Waals surface area contributed by atoms with Crippen LogP contribution in [-0.4, -0.2) is 33.6 Å². The zero-order valence-electron chi connectivity index (χ0n) is 14.5. The molecule has 4 aromatic rings. The van der Waals surface area contributed by atoms with Crippen molar-refractivity contribution in [1.29, 1.82) is 0 Å². The van der Waals surface area contributed by atoms with E-state index in [0.717, 1.165) is 26.9 Å². The Hall–Kier alpha value is -2.64. The molecule has 3 heterocycles. The van der Waals surface area contributed by atoms with Gasteiger partial charge in [0.15, 0.2) is 5.82 Å². The Kier molecular flexibility index (Phi) is 4.72. The van der Waals surface area contributed by atoms with Crippen molar-refractivity contribution >= 4 is 33.2 Å². The highest BCUT2D eigenvalue weighted by atomic mass is 79.9. The van der Waals surface area contributed by atoms with Crippen LogP contribution in [0.15, 0.2) is 53.5 Å². The minimum absolute atomic E-state index is 0.495. The number of halogens is 2. The van der Waals surface area contributed by atoms with Gasteiger partial charge < -0.3 is 13.9 Å². The third kappa shape index (κ3) is 3.36. The number of pyridine rings is 1. The van der Waals surface area contributed by atoms with Crippen LogP contribution in [0.2, 0.25) is 5.02 Å². The van der Waals surface area contributed by atoms with E-state index in [1.807, 2.05) is 28.9 Å². The zero-order valence-corrected chi connectivity index (χ0v) is 16.8. The molecule has 4 rings (SSSR count). The summed E-state index contributed by atoms with van der Waals surface area (Å²) in [7, 11) is 3.17. The fourth-order valence-corrected chi connectivity index (χ4v) is 3.22. The molecule has 0 aliphatic heterocycles. The van der Waals surface area contributed by atoms with Crippen molar-refractivity contribution in [3.05, 3.63) is 58.5 Å². The lowest BCUT2D eigenvalue weighted by atomic mass is 10.1. The summed E-state index contributed by atoms with van der Waals surface area (Å²) in [6.07, 6.45) is 7.27. The fraction of sp³-hybridized carbons (Fsp3) is 0.105. The van der Waals surface area contributed by atoms with E-state index in [4.69, 9.17) is 26.1 Å². The van der Waals surface area contributed by atoms with Crippen LogP contribution in [-0.2, 0) is 0 Å². The molecular formula is C19H14BrClN4O2. The van der Waals surface area contributed by atoms with Gasteiger partial charge in [0.25, 0.3) is 0 Å². The van der Waals surface area contributed by atoms with Crippen molar-refractivity contribution < 1.29 is 9.47 Å². The van der Waals surface area contributed by atoms with E-state index in [-0.39, 0.29) is 0 Å². The van der Waals surface area contributed by atoms with Crippen LogP contribution < -0.4 is 9.47 Å². The van der Waals surface area contributed by atoms with Crippen molar-refractivity contribution in [3.8, 4) is 34.1 Å². The van der Waals surface area contributed by atoms with E-state index >= 15 is 0 Å². The number of rotatable bonds is 4. The number of imidazole rings is 1. The smallest absolute Gasteiger partial charge is 0.159 e. The number of aromatic nitrogens is 4. The third-order valence-corrected chi connectivity index (χ3v) is 4.79. The van der Waals surface area contributed by atoms with Gasteiger partial charge in [-0.25, -0.2) is 15.0 Å². The normalized spacial score (nSPS) is 11.0. The van der Waals surface area contributed by atoms with Gasteiger partial charge in [0.05, 0.1) is 29.4 Å². The van der Waals surface area contributed by atoms with Gasteiger partial charge in [-0.2, -0.15) is 0 Å². The summed E-state index contributed by atoms with van der Waals surface area (Å²) < 4.78 is 13.5. The quantitative estimate of drug-likeness (QED) is 0.447. The molecule has 8 heteroatoms. The van der Waals surface area contributed by atoms with E-state index in [2.05, 4.69) is 25.9 Å². The average molecular weight is 446 g/mol. The molecule has 136 valence electrons. The van der Waals surface area contributed by atoms with Crippen LogP contribution in [0.3, 0.4) is 0 Å². The lowest BCUT2D eigenvalue weighted by Crippen LogP contribution is -1.91. The topological polar surface area (TPSA) is 61.5 Å². The summed E-state index contributed by atoms with van der Waals surface area (Å²) in [5.41, 5.74) is 3.17. The van der Waals surface area contributed by atoms with Crippen LogP contribution in [0, 0.1) is 0 Å². The molecule has 27 heavy (non-hydrogen) atoms. The molecule has 0 N–H and O–H groups in total. The Balaban J connectivity index is 1.80. The molecule has 0 atom stereocenters. The summed E-state index contributed by atoms with van der Waals surface area (Å²) in [5, 5.41) is 0.495. The molecule has 0 amide bonds. The first-order valence-electron chi connectivity index (χ1n) is 7.97. The highest BCUT2D eigenvalue weighted by molar-refractivity contribution is 9.10. The van der Waals surface area contributed by atoms with Crippen LogP contribution >= 0.6 is 27.5 Å². The molecule has 0 fully saturated rings. The molecule has 0 aliphatic rings. The Labute approximate surface area is 168 Å². The highest BCUT2D eigenvalue weighted by Gasteiger charge is 2.15. The Morgan fingerprint density at radius 3 is 2.48 bits per heavy atom. The summed E-state index contributed by atoms with van der Waals surface area (Å²) in [6, 6.07) is 7.42. The molecule has 0 spiro atoms. The maximum absolute atomic E-state index is 6.29. The first-order valence-corrected chi connectivity index (χ1v) is 9.14. The molecule has 3 aromatic heterocycles. The number of ether oxygens (including phenoxy) is 2. The standard InChI is InChI=1S/C19H14BrClN4O2/c1-26-16-7-17(27-2)14(21)6-13(16)15-10-25-4-3-11(5-18(25)24-15)19-22-8-12(20)9-23-19/h3-10H,1-2H3. The van der Waals surface area contributed by atoms with Gasteiger partial charge in [0.1, 0.15) is 17.1 Å². The number of benzene rings is 1. The first kappa shape index (κ1) is 17.8. The predicted molar refractivity (Wildman–Crippen MR) is 107 cm³/mol. The minimum Gasteiger partial charge on any atom is -0.496 e. The van der Waals surface area contributed by atoms with Gasteiger partial charge in [0.2, 0.25) is 0 Å². The van der Waals surface area contributed by atoms with Crippen molar-refractivity contribution in [2.45, 2.75) is 0 Å². The monoisotopic (exact) mass is 444 g/mol. The molecule has 6 nitrogen and oxygen atoms in total. The number of methoxy groups -OCH3 is 2. The SMILES string of the molecule is COc1cc(OC)c(-c2cn3ccc(-c4ncc(Br)cn4)cc3n2)cc1Cl. The number of hydrogen-bond acceptors (Lipinski definition) is 5. The molecule has 0 bridgehead atoms. The summed E-state index contributed by atoms with van der Waals surface area (Å²) in [4.78, 5) is 13.4. The van der Waals surface area contributed by atoms with E-state index in [0.29, 0.717) is 22.3 Å². The summed E-state index contributed by atoms with van der Waals surface area (Å²) >= 11 is 9.63. The lowest BCUT2D eigenvalue weighted by Gasteiger charge is -2.10. The van der Waals surface area contributed by atoms with Gasteiger partial charge in [-0.3, -0.25) is 0 Å². The molecular weight excluding hydrogens is 432 g/mol. The second-order valence-corrected chi connectivity index (χ2v) is 7.04. The third-order valence-electron chi connectivity index (χ3n) is 4.09. The minimum atomic E-state index is 0.495. The number of nitrogens with zero attached hydrogens (tertiary/aromatic N) is 4. The second-order valence-electron chi connectivity index (χ2n) is 5.72. The maximum Gasteiger partial charge on any atom is 0.159 e. The predicted octanol–water partition coefficient (Wildman–Crippen LogP) is 4.89. The van der Waals surface area contributed by atoms with Gasteiger partial charge in [-0.05, 0) is 34.1 Å². The van der Waals surface area contributed by atoms with Gasteiger partial charge in [-0.15, -0.1) is 0 Å². The lowest BCUT2D eigenvalue weighted by molar-refractivity contribution is 0.395. The zero-order chi connectivity index (χ0) is 19.0. The second kappa shape index (κ2) is 7.17. The number of fused-ring (bicyclic) bond motifs is 1. The average Bonchev–Trinajstić information content (AvgIpc) is 3.11. The summed E-state index contributed by atoms with van der Waals surface area (Å²) in [6.45, 7) is 0. The molecule has 0 saturated carbocycles. The van der Waals surface area contributed by atoms with Crippen LogP contribution in [0.4, 0.5) is 0 Å². The van der Waals surface area contributed by atoms with Crippen molar-refractivity contribution in [1.82, 2.24) is 19.4 Å². The number of hydrogen-bond donors (Lipinski definition) is 0. The van der Waals surface area contributed by atoms with Crippen molar-refractivity contribution in [2.75, 3.05) is 14.2 Å². The van der Waals surface area contributed by atoms with E-state index in [9.17, 15) is 0 Å². The molecule has 0 radical (unpaired) electrons. The van der Waals surface area contributed by atoms with Gasteiger partial charge >= 0.3 is 0 Å². The highest BCUT2D eigenvalue weighted by Crippen LogP contribution is 2.38. The van der Waals surface area contributed by atoms with Crippen LogP contribution in [0.1, 0.15) is 0 Å². The van der Waals surface area contributed by atoms with E-state index < -0.39 is 0 Å². The molecule has 1 aromatic carbocycles. The van der Waals surface area contributed by atoms with Crippen LogP contribution in [0.25, 0.3) is 28.3 Å².